The first-order valence-electron chi connectivity index (χ1n) is 10.0. The second-order valence-electron chi connectivity index (χ2n) is 7.44. The molecular weight excluding hydrogens is 532 g/mol. The summed E-state index contributed by atoms with van der Waals surface area (Å²) in [6.07, 6.45) is -2.59. The van der Waals surface area contributed by atoms with Gasteiger partial charge >= 0.3 is 14.5 Å². The Labute approximate surface area is 202 Å². The van der Waals surface area contributed by atoms with Gasteiger partial charge in [-0.1, -0.05) is 12.8 Å². The van der Waals surface area contributed by atoms with E-state index >= 15 is 0 Å². The number of aliphatic hydroxyl groups excluding tert-OH is 2. The summed E-state index contributed by atoms with van der Waals surface area (Å²) >= 11 is 4.53. The average Bonchev–Trinajstić information content (AvgIpc) is 3.26. The molecule has 0 spiro atoms. The predicted octanol–water partition coefficient (Wildman–Crippen LogP) is 0.0238. The van der Waals surface area contributed by atoms with Gasteiger partial charge in [0.25, 0.3) is 0 Å². The summed E-state index contributed by atoms with van der Waals surface area (Å²) in [7, 11) is -5.04. The van der Waals surface area contributed by atoms with Gasteiger partial charge in [-0.25, -0.2) is 23.8 Å². The van der Waals surface area contributed by atoms with Gasteiger partial charge in [-0.3, -0.25) is 4.57 Å². The Bertz CT molecular complexity index is 1150. The molecule has 1 fully saturated rings. The van der Waals surface area contributed by atoms with Crippen molar-refractivity contribution < 1.29 is 43.0 Å². The van der Waals surface area contributed by atoms with Crippen LogP contribution >= 0.6 is 25.0 Å². The molecule has 1 saturated heterocycles. The molecule has 0 radical (unpaired) electrons. The van der Waals surface area contributed by atoms with Crippen molar-refractivity contribution in [2.45, 2.75) is 44.3 Å². The predicted molar refractivity (Wildman–Crippen MR) is 130 cm³/mol. The Hall–Kier alpha value is -0.870. The van der Waals surface area contributed by atoms with Gasteiger partial charge in [0.05, 0.1) is 12.9 Å². The number of phosphoric acid groups is 1. The molecule has 7 N–H and O–H groups in total. The van der Waals surface area contributed by atoms with Crippen molar-refractivity contribution in [3.63, 3.8) is 0 Å². The maximum Gasteiger partial charge on any atom is 0.476 e. The fourth-order valence-corrected chi connectivity index (χ4v) is 6.69. The van der Waals surface area contributed by atoms with Crippen LogP contribution in [0.2, 0.25) is 0 Å². The maximum absolute atomic E-state index is 10.9. The average molecular weight is 560 g/mol. The number of aryl methyl sites for hydroxylation is 1. The molecule has 1 aliphatic rings. The van der Waals surface area contributed by atoms with Gasteiger partial charge in [-0.05, 0) is 29.7 Å². The van der Waals surface area contributed by atoms with Crippen LogP contribution in [-0.2, 0) is 36.4 Å². The third-order valence-corrected chi connectivity index (χ3v) is 9.71. The Morgan fingerprint density at radius 1 is 1.32 bits per heavy atom. The van der Waals surface area contributed by atoms with E-state index in [0.29, 0.717) is 23.4 Å². The van der Waals surface area contributed by atoms with Crippen molar-refractivity contribution in [2.75, 3.05) is 23.8 Å². The number of rotatable bonds is 11. The summed E-state index contributed by atoms with van der Waals surface area (Å²) in [5, 5.41) is 20.9. The molecule has 2 aromatic rings. The summed E-state index contributed by atoms with van der Waals surface area (Å²) < 4.78 is 26.9. The van der Waals surface area contributed by atoms with Crippen molar-refractivity contribution in [3.8, 4) is 0 Å². The smallest absolute Gasteiger partial charge is 0.387 e. The number of nitrogens with two attached hydrogens (primary N) is 1. The van der Waals surface area contributed by atoms with Gasteiger partial charge in [-0.15, -0.1) is 0 Å². The monoisotopic (exact) mass is 559 g/mol. The number of nitrogens with zero attached hydrogens (tertiary/aromatic N) is 4. The minimum atomic E-state index is -5.10. The van der Waals surface area contributed by atoms with Crippen molar-refractivity contribution in [2.24, 2.45) is 0 Å². The van der Waals surface area contributed by atoms with Crippen LogP contribution < -0.4 is 5.73 Å². The van der Waals surface area contributed by atoms with Crippen LogP contribution in [0.5, 0.6) is 0 Å². The van der Waals surface area contributed by atoms with E-state index in [1.54, 1.807) is 0 Å². The summed E-state index contributed by atoms with van der Waals surface area (Å²) in [4.78, 5) is 40.3. The molecule has 1 aliphatic heterocycles. The quantitative estimate of drug-likeness (QED) is 0.158. The maximum atomic E-state index is 10.9. The highest BCUT2D eigenvalue weighted by Gasteiger charge is 2.45. The summed E-state index contributed by atoms with van der Waals surface area (Å²) in [5.74, 6) is 6.66. The molecule has 0 aliphatic carbocycles. The van der Waals surface area contributed by atoms with E-state index in [4.69, 9.17) is 24.8 Å². The molecule has 0 saturated carbocycles. The molecule has 3 heterocycles. The van der Waals surface area contributed by atoms with Crippen molar-refractivity contribution in [1.29, 1.82) is 0 Å². The van der Waals surface area contributed by atoms with Gasteiger partial charge in [0.1, 0.15) is 29.7 Å². The van der Waals surface area contributed by atoms with E-state index < -0.39 is 45.7 Å². The highest BCUT2D eigenvalue weighted by molar-refractivity contribution is 8.14. The Kier molecular flexibility index (Phi) is 8.99. The normalized spacial score (nSPS) is 26.1. The van der Waals surface area contributed by atoms with Crippen LogP contribution in [0.15, 0.2) is 6.33 Å². The van der Waals surface area contributed by atoms with Crippen LogP contribution in [0, 0.1) is 0 Å². The molecule has 192 valence electrons. The highest BCUT2D eigenvalue weighted by atomic mass is 32.5. The van der Waals surface area contributed by atoms with E-state index in [9.17, 15) is 19.7 Å². The fraction of sp³-hybridized carbons (Fsp3) is 0.625. The minimum absolute atomic E-state index is 0.0688. The number of ether oxygens (including phenoxy) is 1. The zero-order valence-corrected chi connectivity index (χ0v) is 21.5. The van der Waals surface area contributed by atoms with E-state index in [0.717, 1.165) is 17.9 Å². The minimum Gasteiger partial charge on any atom is -0.387 e. The van der Waals surface area contributed by atoms with Crippen LogP contribution in [0.25, 0.3) is 11.2 Å². The van der Waals surface area contributed by atoms with Gasteiger partial charge in [0.2, 0.25) is 0 Å². The van der Waals surface area contributed by atoms with Crippen LogP contribution in [0.4, 0.5) is 5.82 Å². The van der Waals surface area contributed by atoms with E-state index in [1.165, 1.54) is 10.9 Å². The molecule has 18 heteroatoms. The molecule has 6 atom stereocenters. The molecule has 2 aromatic heterocycles. The third-order valence-electron chi connectivity index (χ3n) is 4.96. The molecular formula is C16H27N5O9P2S2. The van der Waals surface area contributed by atoms with E-state index in [1.807, 2.05) is 0 Å². The number of anilines is 1. The number of hydrogen-bond donors (Lipinski definition) is 6. The molecule has 3 rings (SSSR count). The number of hydrogen-bond acceptors (Lipinski definition) is 11. The number of aromatic nitrogens is 4. The van der Waals surface area contributed by atoms with Gasteiger partial charge in [0.15, 0.2) is 17.7 Å². The Morgan fingerprint density at radius 3 is 2.68 bits per heavy atom. The first kappa shape index (κ1) is 27.7. The highest BCUT2D eigenvalue weighted by Crippen LogP contribution is 2.58. The first-order chi connectivity index (χ1) is 15.8. The summed E-state index contributed by atoms with van der Waals surface area (Å²) in [6.45, 7) is -2.86. The first-order valence-corrected chi connectivity index (χ1v) is 15.9. The Morgan fingerprint density at radius 2 is 2.03 bits per heavy atom. The van der Waals surface area contributed by atoms with Crippen molar-refractivity contribution >= 4 is 59.7 Å². The fourth-order valence-electron chi connectivity index (χ4n) is 3.28. The zero-order valence-electron chi connectivity index (χ0n) is 18.1. The topological polar surface area (TPSA) is 216 Å². The summed E-state index contributed by atoms with van der Waals surface area (Å²) in [6, 6.07) is 0. The van der Waals surface area contributed by atoms with Crippen molar-refractivity contribution in [1.82, 2.24) is 19.5 Å². The molecule has 0 amide bonds. The Balaban J connectivity index is 1.76. The van der Waals surface area contributed by atoms with Gasteiger partial charge in [-0.2, -0.15) is 10.5 Å². The van der Waals surface area contributed by atoms with E-state index in [-0.39, 0.29) is 16.3 Å². The van der Waals surface area contributed by atoms with Crippen LogP contribution in [-0.4, -0.2) is 86.7 Å². The van der Waals surface area contributed by atoms with Gasteiger partial charge < -0.3 is 39.9 Å². The van der Waals surface area contributed by atoms with Crippen molar-refractivity contribution in [3.05, 3.63) is 12.2 Å². The number of aliphatic hydroxyl groups is 2. The SMILES string of the molecule is C=S(CC)CCCc1nc(N)c2ncn([C@@H]3O[C@H](COP(O)(=S)OP(=O)(O)O)[C@@H](O)[C@H]3O)c2n1. The molecule has 14 nitrogen and oxygen atoms in total. The molecule has 0 aromatic carbocycles. The van der Waals surface area contributed by atoms with Gasteiger partial charge in [0, 0.05) is 6.42 Å². The largest absolute Gasteiger partial charge is 0.476 e. The molecule has 2 unspecified atom stereocenters. The number of nitrogen functional groups attached to an aromatic ring is 1. The third kappa shape index (κ3) is 6.87. The second-order valence-corrected chi connectivity index (χ2v) is 13.9. The van der Waals surface area contributed by atoms with Crippen LogP contribution in [0.3, 0.4) is 0 Å². The summed E-state index contributed by atoms with van der Waals surface area (Å²) in [5.41, 5.74) is 6.62. The van der Waals surface area contributed by atoms with E-state index in [2.05, 4.69) is 43.9 Å². The standard InChI is InChI=1S/C16H27N5O9P2S2/c1-3-34(2)6-4-5-10-19-14(17)11-15(20-10)21(8-18-11)16-13(23)12(22)9(29-16)7-28-32(27,33)30-31(24,25)26/h8-9,12-13,16,22-23H,2-7H2,1H3,(H,27,33)(H2,17,19,20)(H2,24,25,26)/t9-,12-,13-,16-,32?,34?/m1/s1. The molecule has 0 bridgehead atoms. The lowest BCUT2D eigenvalue weighted by atomic mass is 10.1. The number of imidazole rings is 1. The molecule has 34 heavy (non-hydrogen) atoms. The lowest BCUT2D eigenvalue weighted by Gasteiger charge is -2.19. The second kappa shape index (κ2) is 11.0. The number of fused-ring (bicyclic) bond motifs is 1. The lowest BCUT2D eigenvalue weighted by Crippen LogP contribution is -2.33. The lowest BCUT2D eigenvalue weighted by molar-refractivity contribution is -0.0486. The van der Waals surface area contributed by atoms with Crippen LogP contribution in [0.1, 0.15) is 25.4 Å². The zero-order chi connectivity index (χ0) is 25.3.